The Kier molecular flexibility index (Phi) is 27.3. The minimum atomic E-state index is -1.28. The predicted octanol–water partition coefficient (Wildman–Crippen LogP) is 7.95. The largest absolute Gasteiger partial charge is 0.394 e. The Hall–Kier alpha value is -0.930. The number of unbranched alkanes of at least 4 members (excludes halogenated alkanes) is 24. The van der Waals surface area contributed by atoms with Crippen LogP contribution in [0.4, 0.5) is 4.79 Å². The van der Waals surface area contributed by atoms with Crippen LogP contribution < -0.4 is 11.1 Å². The molecule has 0 aromatic heterocycles. The molecule has 268 valence electrons. The maximum Gasteiger partial charge on any atom is 0.319 e. The molecule has 8 nitrogen and oxygen atoms in total. The van der Waals surface area contributed by atoms with E-state index in [9.17, 15) is 20.1 Å². The summed E-state index contributed by atoms with van der Waals surface area (Å²) in [6.45, 7) is 5.11. The van der Waals surface area contributed by atoms with Crippen LogP contribution in [0.2, 0.25) is 0 Å². The van der Waals surface area contributed by atoms with Crippen molar-refractivity contribution < 1.29 is 24.9 Å². The van der Waals surface area contributed by atoms with E-state index >= 15 is 0 Å². The van der Waals surface area contributed by atoms with E-state index in [0.29, 0.717) is 13.1 Å². The first-order valence-electron chi connectivity index (χ1n) is 19.4. The van der Waals surface area contributed by atoms with Gasteiger partial charge in [-0.05, 0) is 12.8 Å². The monoisotopic (exact) mass is 642 g/mol. The summed E-state index contributed by atoms with van der Waals surface area (Å²) in [6.07, 6.45) is 28.4. The lowest BCUT2D eigenvalue weighted by atomic mass is 9.96. The van der Waals surface area contributed by atoms with E-state index in [1.165, 1.54) is 135 Å². The first-order chi connectivity index (χ1) is 22.0. The summed E-state index contributed by atoms with van der Waals surface area (Å²) in [7, 11) is 0. The molecule has 1 fully saturated rings. The van der Waals surface area contributed by atoms with E-state index in [1.54, 1.807) is 4.90 Å². The number of aliphatic hydroxyl groups excluding tert-OH is 3. The lowest BCUT2D eigenvalue weighted by molar-refractivity contribution is -0.218. The number of nitrogens with zero attached hydrogens (tertiary/aromatic N) is 1. The van der Waals surface area contributed by atoms with Gasteiger partial charge in [0.1, 0.15) is 18.3 Å². The standard InChI is InChI=1S/C37H75N3O5/c1-3-5-7-9-11-13-15-16-17-18-19-20-22-24-26-28-30-40(36-33(38)35(43)34(42)32(31-41)45-36)37(44)39-29-27-25-23-21-14-12-10-8-6-4-2/h32-36,41-43H,3-31,38H2,1-2H3,(H,39,44)/t32-,33-,34+,35-,36-/m1/s1. The van der Waals surface area contributed by atoms with Crippen molar-refractivity contribution in [2.45, 2.75) is 211 Å². The van der Waals surface area contributed by atoms with Gasteiger partial charge in [-0.1, -0.05) is 168 Å². The molecular formula is C37H75N3O5. The Bertz CT molecular complexity index is 668. The highest BCUT2D eigenvalue weighted by Gasteiger charge is 2.45. The number of ether oxygens (including phenoxy) is 1. The molecule has 2 amide bonds. The number of nitrogens with one attached hydrogen (secondary N) is 1. The fourth-order valence-electron chi connectivity index (χ4n) is 6.48. The number of amides is 2. The minimum Gasteiger partial charge on any atom is -0.394 e. The van der Waals surface area contributed by atoms with Gasteiger partial charge < -0.3 is 31.1 Å². The predicted molar refractivity (Wildman–Crippen MR) is 187 cm³/mol. The fourth-order valence-corrected chi connectivity index (χ4v) is 6.48. The van der Waals surface area contributed by atoms with E-state index in [2.05, 4.69) is 19.2 Å². The molecule has 0 aromatic rings. The summed E-state index contributed by atoms with van der Waals surface area (Å²) in [5, 5.41) is 33.5. The van der Waals surface area contributed by atoms with Gasteiger partial charge in [-0.15, -0.1) is 0 Å². The molecule has 6 N–H and O–H groups in total. The van der Waals surface area contributed by atoms with Crippen LogP contribution in [0.1, 0.15) is 181 Å². The number of rotatable bonds is 30. The van der Waals surface area contributed by atoms with Crippen LogP contribution in [-0.4, -0.2) is 76.5 Å². The van der Waals surface area contributed by atoms with E-state index in [1.807, 2.05) is 0 Å². The van der Waals surface area contributed by atoms with Crippen molar-refractivity contribution in [3.63, 3.8) is 0 Å². The third-order valence-corrected chi connectivity index (χ3v) is 9.58. The summed E-state index contributed by atoms with van der Waals surface area (Å²) >= 11 is 0. The molecule has 0 spiro atoms. The van der Waals surface area contributed by atoms with Crippen molar-refractivity contribution in [1.29, 1.82) is 0 Å². The van der Waals surface area contributed by atoms with Gasteiger partial charge in [0, 0.05) is 13.1 Å². The normalized spacial score (nSPS) is 21.7. The molecule has 8 heteroatoms. The van der Waals surface area contributed by atoms with Gasteiger partial charge in [-0.3, -0.25) is 4.90 Å². The van der Waals surface area contributed by atoms with Gasteiger partial charge in [0.15, 0.2) is 6.23 Å². The Morgan fingerprint density at radius 1 is 0.622 bits per heavy atom. The summed E-state index contributed by atoms with van der Waals surface area (Å²) in [5.74, 6) is 0. The summed E-state index contributed by atoms with van der Waals surface area (Å²) < 4.78 is 5.88. The molecule has 0 saturated carbocycles. The first kappa shape index (κ1) is 42.1. The second-order valence-electron chi connectivity index (χ2n) is 13.7. The van der Waals surface area contributed by atoms with E-state index < -0.39 is 37.2 Å². The first-order valence-corrected chi connectivity index (χ1v) is 19.4. The average molecular weight is 642 g/mol. The summed E-state index contributed by atoms with van der Waals surface area (Å²) in [5.41, 5.74) is 6.25. The molecule has 1 aliphatic heterocycles. The van der Waals surface area contributed by atoms with Gasteiger partial charge in [0.05, 0.1) is 12.6 Å². The molecule has 45 heavy (non-hydrogen) atoms. The average Bonchev–Trinajstić information content (AvgIpc) is 3.04. The molecule has 1 saturated heterocycles. The molecule has 0 unspecified atom stereocenters. The molecule has 1 rings (SSSR count). The molecule has 0 radical (unpaired) electrons. The lowest BCUT2D eigenvalue weighted by Crippen LogP contribution is -2.67. The van der Waals surface area contributed by atoms with Gasteiger partial charge in [0.2, 0.25) is 0 Å². The maximum atomic E-state index is 13.3. The van der Waals surface area contributed by atoms with Crippen molar-refractivity contribution >= 4 is 6.03 Å². The number of carbonyl (C=O) groups is 1. The number of hydrogen-bond acceptors (Lipinski definition) is 6. The summed E-state index contributed by atoms with van der Waals surface area (Å²) in [4.78, 5) is 14.9. The lowest BCUT2D eigenvalue weighted by Gasteiger charge is -2.45. The number of aliphatic hydroxyl groups is 3. The summed E-state index contributed by atoms with van der Waals surface area (Å²) in [6, 6.07) is -1.21. The molecule has 0 bridgehead atoms. The van der Waals surface area contributed by atoms with Crippen molar-refractivity contribution in [3.05, 3.63) is 0 Å². The van der Waals surface area contributed by atoms with Crippen LogP contribution in [0.25, 0.3) is 0 Å². The van der Waals surface area contributed by atoms with Crippen LogP contribution in [0, 0.1) is 0 Å². The van der Waals surface area contributed by atoms with E-state index in [0.717, 1.165) is 32.1 Å². The van der Waals surface area contributed by atoms with Crippen LogP contribution in [-0.2, 0) is 4.74 Å². The Balaban J connectivity index is 2.32. The molecule has 0 aromatic carbocycles. The number of urea groups is 1. The van der Waals surface area contributed by atoms with Crippen molar-refractivity contribution in [1.82, 2.24) is 10.2 Å². The van der Waals surface area contributed by atoms with Crippen LogP contribution in [0.15, 0.2) is 0 Å². The van der Waals surface area contributed by atoms with Crippen LogP contribution in [0.3, 0.4) is 0 Å². The second-order valence-corrected chi connectivity index (χ2v) is 13.7. The zero-order valence-electron chi connectivity index (χ0n) is 29.6. The Labute approximate surface area is 277 Å². The third-order valence-electron chi connectivity index (χ3n) is 9.58. The van der Waals surface area contributed by atoms with Gasteiger partial charge in [0.25, 0.3) is 0 Å². The zero-order valence-corrected chi connectivity index (χ0v) is 29.6. The molecule has 0 aliphatic carbocycles. The number of carbonyl (C=O) groups excluding carboxylic acids is 1. The highest BCUT2D eigenvalue weighted by molar-refractivity contribution is 5.74. The second kappa shape index (κ2) is 29.2. The topological polar surface area (TPSA) is 128 Å². The van der Waals surface area contributed by atoms with Gasteiger partial charge in [-0.2, -0.15) is 0 Å². The highest BCUT2D eigenvalue weighted by atomic mass is 16.5. The van der Waals surface area contributed by atoms with Gasteiger partial charge >= 0.3 is 6.03 Å². The van der Waals surface area contributed by atoms with Crippen LogP contribution >= 0.6 is 0 Å². The van der Waals surface area contributed by atoms with Crippen molar-refractivity contribution in [2.75, 3.05) is 19.7 Å². The fraction of sp³-hybridized carbons (Fsp3) is 0.973. The minimum absolute atomic E-state index is 0.257. The molecule has 1 aliphatic rings. The van der Waals surface area contributed by atoms with E-state index in [4.69, 9.17) is 10.5 Å². The Morgan fingerprint density at radius 2 is 1.00 bits per heavy atom. The molecule has 1 heterocycles. The van der Waals surface area contributed by atoms with Crippen molar-refractivity contribution in [2.24, 2.45) is 5.73 Å². The molecular weight excluding hydrogens is 566 g/mol. The quantitative estimate of drug-likeness (QED) is 0.0507. The number of hydrogen-bond donors (Lipinski definition) is 5. The Morgan fingerprint density at radius 3 is 1.40 bits per heavy atom. The van der Waals surface area contributed by atoms with Crippen molar-refractivity contribution in [3.8, 4) is 0 Å². The highest BCUT2D eigenvalue weighted by Crippen LogP contribution is 2.23. The molecule has 5 atom stereocenters. The zero-order chi connectivity index (χ0) is 33.0. The van der Waals surface area contributed by atoms with Gasteiger partial charge in [-0.25, -0.2) is 4.79 Å². The smallest absolute Gasteiger partial charge is 0.319 e. The third kappa shape index (κ3) is 20.1. The van der Waals surface area contributed by atoms with Crippen LogP contribution in [0.5, 0.6) is 0 Å². The van der Waals surface area contributed by atoms with E-state index in [-0.39, 0.29) is 6.03 Å². The SMILES string of the molecule is CCCCCCCCCCCCCCCCCCN(C(=O)NCCCCCCCCCCCC)[C@@H]1O[C@H](CO)[C@H](O)[C@H](O)[C@H]1N. The number of nitrogens with two attached hydrogens (primary N) is 1. The maximum absolute atomic E-state index is 13.3.